The van der Waals surface area contributed by atoms with Crippen LogP contribution < -0.4 is 5.32 Å². The van der Waals surface area contributed by atoms with Crippen LogP contribution in [0, 0.1) is 6.92 Å². The molecular formula is C18H22Cl2N2OS. The number of thiophene rings is 1. The number of rotatable bonds is 3. The van der Waals surface area contributed by atoms with Crippen LogP contribution in [0.15, 0.2) is 30.3 Å². The second kappa shape index (κ2) is 8.34. The number of nitrogens with one attached hydrogen (secondary N) is 1. The summed E-state index contributed by atoms with van der Waals surface area (Å²) in [5.74, 6) is 0.123. The minimum atomic E-state index is 0. The Morgan fingerprint density at radius 2 is 2.00 bits per heavy atom. The van der Waals surface area contributed by atoms with E-state index in [1.54, 1.807) is 11.3 Å². The molecule has 1 fully saturated rings. The Morgan fingerprint density at radius 3 is 2.67 bits per heavy atom. The van der Waals surface area contributed by atoms with Crippen LogP contribution in [0.1, 0.15) is 28.1 Å². The summed E-state index contributed by atoms with van der Waals surface area (Å²) in [5.41, 5.74) is 2.20. The molecule has 6 heteroatoms. The van der Waals surface area contributed by atoms with Crippen molar-refractivity contribution in [2.45, 2.75) is 25.8 Å². The lowest BCUT2D eigenvalue weighted by Gasteiger charge is -2.31. The fourth-order valence-electron chi connectivity index (χ4n) is 3.04. The van der Waals surface area contributed by atoms with Crippen molar-refractivity contribution in [3.8, 4) is 10.4 Å². The molecule has 24 heavy (non-hydrogen) atoms. The minimum absolute atomic E-state index is 0. The highest BCUT2D eigenvalue weighted by atomic mass is 35.5. The van der Waals surface area contributed by atoms with Crippen molar-refractivity contribution in [3.63, 3.8) is 0 Å². The number of nitrogens with zero attached hydrogens (tertiary/aromatic N) is 1. The molecule has 1 N–H and O–H groups in total. The summed E-state index contributed by atoms with van der Waals surface area (Å²) in [6.45, 7) is 4.02. The van der Waals surface area contributed by atoms with Crippen molar-refractivity contribution < 1.29 is 4.79 Å². The molecule has 3 nitrogen and oxygen atoms in total. The summed E-state index contributed by atoms with van der Waals surface area (Å²) in [7, 11) is 1.92. The molecule has 1 saturated heterocycles. The van der Waals surface area contributed by atoms with Gasteiger partial charge >= 0.3 is 0 Å². The largest absolute Gasteiger partial charge is 0.338 e. The molecule has 1 aliphatic rings. The van der Waals surface area contributed by atoms with Gasteiger partial charge < -0.3 is 10.2 Å². The van der Waals surface area contributed by atoms with Gasteiger partial charge in [-0.1, -0.05) is 23.7 Å². The third-order valence-corrected chi connectivity index (χ3v) is 5.90. The van der Waals surface area contributed by atoms with Crippen molar-refractivity contribution in [2.75, 3.05) is 20.1 Å². The van der Waals surface area contributed by atoms with Crippen LogP contribution in [0.25, 0.3) is 10.4 Å². The maximum absolute atomic E-state index is 12.8. The van der Waals surface area contributed by atoms with Crippen molar-refractivity contribution in [1.29, 1.82) is 0 Å². The lowest BCUT2D eigenvalue weighted by atomic mass is 10.1. The molecule has 0 bridgehead atoms. The number of aryl methyl sites for hydroxylation is 1. The van der Waals surface area contributed by atoms with E-state index in [1.165, 1.54) is 0 Å². The van der Waals surface area contributed by atoms with Gasteiger partial charge in [-0.3, -0.25) is 4.79 Å². The number of carbonyl (C=O) groups is 1. The van der Waals surface area contributed by atoms with E-state index in [1.807, 2.05) is 49.2 Å². The number of halogens is 2. The second-order valence-electron chi connectivity index (χ2n) is 6.03. The molecule has 2 aromatic rings. The third kappa shape index (κ3) is 4.12. The van der Waals surface area contributed by atoms with Gasteiger partial charge in [0.15, 0.2) is 0 Å². The second-order valence-corrected chi connectivity index (χ2v) is 7.52. The van der Waals surface area contributed by atoms with Crippen LogP contribution in [-0.4, -0.2) is 37.0 Å². The van der Waals surface area contributed by atoms with E-state index in [0.717, 1.165) is 51.8 Å². The summed E-state index contributed by atoms with van der Waals surface area (Å²) in [4.78, 5) is 16.6. The van der Waals surface area contributed by atoms with Crippen molar-refractivity contribution in [2.24, 2.45) is 0 Å². The number of hydrogen-bond donors (Lipinski definition) is 1. The van der Waals surface area contributed by atoms with E-state index >= 15 is 0 Å². The average Bonchev–Trinajstić information content (AvgIpc) is 2.96. The van der Waals surface area contributed by atoms with Gasteiger partial charge in [-0.2, -0.15) is 0 Å². The molecule has 3 rings (SSSR count). The molecule has 0 radical (unpaired) electrons. The first-order chi connectivity index (χ1) is 11.1. The summed E-state index contributed by atoms with van der Waals surface area (Å²) < 4.78 is 0. The Hall–Kier alpha value is -1.07. The fourth-order valence-corrected chi connectivity index (χ4v) is 4.38. The van der Waals surface area contributed by atoms with E-state index in [4.69, 9.17) is 11.6 Å². The maximum Gasteiger partial charge on any atom is 0.263 e. The zero-order valence-corrected chi connectivity index (χ0v) is 16.2. The van der Waals surface area contributed by atoms with E-state index in [-0.39, 0.29) is 18.3 Å². The average molecular weight is 385 g/mol. The van der Waals surface area contributed by atoms with E-state index in [2.05, 4.69) is 5.32 Å². The Morgan fingerprint density at radius 1 is 1.29 bits per heavy atom. The highest BCUT2D eigenvalue weighted by Crippen LogP contribution is 2.34. The molecule has 0 unspecified atom stereocenters. The molecule has 1 aliphatic heterocycles. The molecule has 0 aliphatic carbocycles. The van der Waals surface area contributed by atoms with Crippen molar-refractivity contribution in [3.05, 3.63) is 45.8 Å². The first-order valence-electron chi connectivity index (χ1n) is 7.90. The molecular weight excluding hydrogens is 363 g/mol. The van der Waals surface area contributed by atoms with Crippen LogP contribution in [0.5, 0.6) is 0 Å². The monoisotopic (exact) mass is 384 g/mol. The molecule has 2 heterocycles. The van der Waals surface area contributed by atoms with Gasteiger partial charge in [0.05, 0.1) is 4.88 Å². The van der Waals surface area contributed by atoms with Gasteiger partial charge in [0.2, 0.25) is 0 Å². The normalized spacial score (nSPS) is 15.0. The maximum atomic E-state index is 12.8. The zero-order valence-electron chi connectivity index (χ0n) is 13.8. The van der Waals surface area contributed by atoms with Crippen LogP contribution in [0.3, 0.4) is 0 Å². The van der Waals surface area contributed by atoms with E-state index in [0.29, 0.717) is 6.04 Å². The Bertz CT molecular complexity index is 711. The quantitative estimate of drug-likeness (QED) is 0.836. The molecule has 130 valence electrons. The van der Waals surface area contributed by atoms with Crippen LogP contribution >= 0.6 is 35.3 Å². The number of hydrogen-bond acceptors (Lipinski definition) is 3. The smallest absolute Gasteiger partial charge is 0.263 e. The molecule has 0 saturated carbocycles. The van der Waals surface area contributed by atoms with Gasteiger partial charge in [-0.25, -0.2) is 0 Å². The first-order valence-corrected chi connectivity index (χ1v) is 9.10. The Labute approximate surface area is 158 Å². The number of piperidine rings is 1. The van der Waals surface area contributed by atoms with Crippen LogP contribution in [0.4, 0.5) is 0 Å². The minimum Gasteiger partial charge on any atom is -0.338 e. The van der Waals surface area contributed by atoms with E-state index < -0.39 is 0 Å². The first kappa shape index (κ1) is 19.3. The molecule has 0 spiro atoms. The molecule has 0 atom stereocenters. The SMILES string of the molecule is Cc1cc(C(=O)N(C)C2CCNCC2)sc1-c1cccc(Cl)c1.Cl. The Balaban J connectivity index is 0.00000208. The zero-order chi connectivity index (χ0) is 16.4. The predicted molar refractivity (Wildman–Crippen MR) is 105 cm³/mol. The van der Waals surface area contributed by atoms with Gasteiger partial charge in [-0.05, 0) is 62.2 Å². The summed E-state index contributed by atoms with van der Waals surface area (Å²) >= 11 is 7.65. The molecule has 1 amide bonds. The van der Waals surface area contributed by atoms with Gasteiger partial charge in [0.25, 0.3) is 5.91 Å². The fraction of sp³-hybridized carbons (Fsp3) is 0.389. The third-order valence-electron chi connectivity index (χ3n) is 4.39. The number of amides is 1. The summed E-state index contributed by atoms with van der Waals surface area (Å²) in [6, 6.07) is 10.1. The van der Waals surface area contributed by atoms with Crippen LogP contribution in [0.2, 0.25) is 5.02 Å². The van der Waals surface area contributed by atoms with Crippen molar-refractivity contribution in [1.82, 2.24) is 10.2 Å². The molecule has 1 aromatic carbocycles. The summed E-state index contributed by atoms with van der Waals surface area (Å²) in [5, 5.41) is 4.06. The lowest BCUT2D eigenvalue weighted by molar-refractivity contribution is 0.0708. The number of carbonyl (C=O) groups excluding carboxylic acids is 1. The van der Waals surface area contributed by atoms with Crippen molar-refractivity contribution >= 4 is 41.3 Å². The van der Waals surface area contributed by atoms with Gasteiger partial charge in [0, 0.05) is 23.0 Å². The summed E-state index contributed by atoms with van der Waals surface area (Å²) in [6.07, 6.45) is 2.04. The standard InChI is InChI=1S/C18H21ClN2OS.ClH/c1-12-10-16(18(22)21(2)15-6-8-20-9-7-15)23-17(12)13-4-3-5-14(19)11-13;/h3-5,10-11,15,20H,6-9H2,1-2H3;1H. The predicted octanol–water partition coefficient (Wildman–Crippen LogP) is 4.62. The van der Waals surface area contributed by atoms with Gasteiger partial charge in [0.1, 0.15) is 0 Å². The molecule has 1 aromatic heterocycles. The van der Waals surface area contributed by atoms with E-state index in [9.17, 15) is 4.79 Å². The highest BCUT2D eigenvalue weighted by Gasteiger charge is 2.24. The lowest BCUT2D eigenvalue weighted by Crippen LogP contribution is -2.43. The number of benzene rings is 1. The van der Waals surface area contributed by atoms with Gasteiger partial charge in [-0.15, -0.1) is 23.7 Å². The highest BCUT2D eigenvalue weighted by molar-refractivity contribution is 7.17. The Kier molecular flexibility index (Phi) is 6.70. The topological polar surface area (TPSA) is 32.3 Å². The van der Waals surface area contributed by atoms with Crippen LogP contribution in [-0.2, 0) is 0 Å².